The molecule has 1 N–H and O–H groups in total. The normalized spacial score (nSPS) is 22.8. The maximum Gasteiger partial charge on any atom is 0.303 e. The van der Waals surface area contributed by atoms with Gasteiger partial charge in [0.05, 0.1) is 12.6 Å². The van der Waals surface area contributed by atoms with Crippen LogP contribution in [0.15, 0.2) is 30.5 Å². The Bertz CT molecular complexity index is 946. The van der Waals surface area contributed by atoms with E-state index in [4.69, 9.17) is 4.74 Å². The largest absolute Gasteiger partial charge is 0.497 e. The molecule has 2 aromatic rings. The van der Waals surface area contributed by atoms with Gasteiger partial charge in [0, 0.05) is 24.5 Å². The van der Waals surface area contributed by atoms with Crippen LogP contribution in [0.2, 0.25) is 0 Å². The highest BCUT2D eigenvalue weighted by molar-refractivity contribution is 5.83. The van der Waals surface area contributed by atoms with Gasteiger partial charge < -0.3 is 14.7 Å². The average molecular weight is 471 g/mol. The summed E-state index contributed by atoms with van der Waals surface area (Å²) >= 11 is 0. The molecule has 6 heteroatoms. The van der Waals surface area contributed by atoms with E-state index in [0.717, 1.165) is 49.3 Å². The number of carboxylic acid groups (broad SMARTS) is 1. The molecule has 0 bridgehead atoms. The zero-order valence-electron chi connectivity index (χ0n) is 20.4. The minimum absolute atomic E-state index is 0.200. The molecule has 0 amide bonds. The maximum absolute atomic E-state index is 15.5. The first-order chi connectivity index (χ1) is 16.5. The van der Waals surface area contributed by atoms with Crippen LogP contribution >= 0.6 is 0 Å². The molecule has 186 valence electrons. The van der Waals surface area contributed by atoms with Crippen molar-refractivity contribution in [2.75, 3.05) is 26.7 Å². The number of fused-ring (bicyclic) bond motifs is 1. The molecule has 2 heterocycles. The molecule has 0 radical (unpaired) electrons. The van der Waals surface area contributed by atoms with Crippen molar-refractivity contribution < 1.29 is 19.0 Å². The van der Waals surface area contributed by atoms with Gasteiger partial charge in [-0.25, -0.2) is 4.39 Å². The van der Waals surface area contributed by atoms with Crippen molar-refractivity contribution in [3.8, 4) is 5.75 Å². The summed E-state index contributed by atoms with van der Waals surface area (Å²) in [4.78, 5) is 18.2. The number of aliphatic carboxylic acids is 1. The smallest absolute Gasteiger partial charge is 0.303 e. The van der Waals surface area contributed by atoms with E-state index in [2.05, 4.69) is 9.88 Å². The molecule has 4 rings (SSSR count). The van der Waals surface area contributed by atoms with E-state index < -0.39 is 12.1 Å². The predicted octanol–water partition coefficient (Wildman–Crippen LogP) is 6.42. The molecule has 1 aromatic carbocycles. The fourth-order valence-corrected chi connectivity index (χ4v) is 6.10. The number of hydrogen-bond donors (Lipinski definition) is 1. The first kappa shape index (κ1) is 24.9. The van der Waals surface area contributed by atoms with Crippen molar-refractivity contribution >= 4 is 16.9 Å². The van der Waals surface area contributed by atoms with Crippen molar-refractivity contribution in [2.24, 2.45) is 17.8 Å². The van der Waals surface area contributed by atoms with Crippen LogP contribution in [0.4, 0.5) is 4.39 Å². The second-order valence-corrected chi connectivity index (χ2v) is 10.3. The van der Waals surface area contributed by atoms with Gasteiger partial charge in [-0.15, -0.1) is 0 Å². The molecule has 1 aromatic heterocycles. The number of aromatic nitrogens is 1. The summed E-state index contributed by atoms with van der Waals surface area (Å²) in [5.41, 5.74) is 1.44. The quantitative estimate of drug-likeness (QED) is 0.411. The van der Waals surface area contributed by atoms with E-state index >= 15 is 4.39 Å². The summed E-state index contributed by atoms with van der Waals surface area (Å²) in [6, 6.07) is 7.36. The number of carbonyl (C=O) groups is 1. The Morgan fingerprint density at radius 2 is 2.00 bits per heavy atom. The SMILES string of the molecule is COc1ccc2nccc(C(F)CC[C@@H]3CCN(CCC4CCCC4)C[C@@H]3CCC(=O)O)c2c1. The Labute approximate surface area is 202 Å². The van der Waals surface area contributed by atoms with E-state index in [1.807, 2.05) is 18.2 Å². The zero-order chi connectivity index (χ0) is 23.9. The van der Waals surface area contributed by atoms with E-state index in [9.17, 15) is 9.90 Å². The second kappa shape index (κ2) is 12.0. The monoisotopic (exact) mass is 470 g/mol. The van der Waals surface area contributed by atoms with Crippen molar-refractivity contribution in [1.29, 1.82) is 0 Å². The Balaban J connectivity index is 1.37. The maximum atomic E-state index is 15.5. The van der Waals surface area contributed by atoms with Gasteiger partial charge in [0.2, 0.25) is 0 Å². The highest BCUT2D eigenvalue weighted by atomic mass is 19.1. The van der Waals surface area contributed by atoms with E-state index in [1.165, 1.54) is 32.1 Å². The van der Waals surface area contributed by atoms with Crippen LogP contribution in [0.5, 0.6) is 5.75 Å². The number of piperidine rings is 1. The first-order valence-electron chi connectivity index (χ1n) is 13.0. The van der Waals surface area contributed by atoms with Gasteiger partial charge in [0.15, 0.2) is 0 Å². The summed E-state index contributed by atoms with van der Waals surface area (Å²) in [5, 5.41) is 10.1. The number of ether oxygens (including phenoxy) is 1. The summed E-state index contributed by atoms with van der Waals surface area (Å²) in [7, 11) is 1.61. The second-order valence-electron chi connectivity index (χ2n) is 10.3. The third-order valence-electron chi connectivity index (χ3n) is 8.14. The molecule has 0 spiro atoms. The molecule has 34 heavy (non-hydrogen) atoms. The molecule has 5 nitrogen and oxygen atoms in total. The third kappa shape index (κ3) is 6.47. The van der Waals surface area contributed by atoms with Gasteiger partial charge >= 0.3 is 5.97 Å². The first-order valence-corrected chi connectivity index (χ1v) is 13.0. The number of halogens is 1. The lowest BCUT2D eigenvalue weighted by Crippen LogP contribution is -2.41. The van der Waals surface area contributed by atoms with Crippen molar-refractivity contribution in [1.82, 2.24) is 9.88 Å². The van der Waals surface area contributed by atoms with Crippen LogP contribution in [0.3, 0.4) is 0 Å². The lowest BCUT2D eigenvalue weighted by atomic mass is 9.79. The Morgan fingerprint density at radius 1 is 1.18 bits per heavy atom. The number of nitrogens with zero attached hydrogens (tertiary/aromatic N) is 2. The minimum atomic E-state index is -1.07. The lowest BCUT2D eigenvalue weighted by molar-refractivity contribution is -0.137. The number of likely N-dealkylation sites (tertiary alicyclic amines) is 1. The topological polar surface area (TPSA) is 62.7 Å². The summed E-state index contributed by atoms with van der Waals surface area (Å²) in [6.45, 7) is 3.13. The number of rotatable bonds is 11. The van der Waals surface area contributed by atoms with Gasteiger partial charge in [0.1, 0.15) is 11.9 Å². The molecule has 2 aliphatic rings. The van der Waals surface area contributed by atoms with E-state index in [0.29, 0.717) is 36.0 Å². The summed E-state index contributed by atoms with van der Waals surface area (Å²) in [5.74, 6) is 1.55. The summed E-state index contributed by atoms with van der Waals surface area (Å²) < 4.78 is 20.8. The van der Waals surface area contributed by atoms with Crippen LogP contribution in [0.25, 0.3) is 10.9 Å². The number of carboxylic acids is 1. The van der Waals surface area contributed by atoms with Crippen LogP contribution in [0.1, 0.15) is 75.9 Å². The average Bonchev–Trinajstić information content (AvgIpc) is 3.38. The van der Waals surface area contributed by atoms with E-state index in [1.54, 1.807) is 19.4 Å². The molecule has 2 fully saturated rings. The van der Waals surface area contributed by atoms with Gasteiger partial charge in [-0.2, -0.15) is 0 Å². The molecule has 1 saturated carbocycles. The van der Waals surface area contributed by atoms with Crippen LogP contribution in [-0.4, -0.2) is 47.7 Å². The van der Waals surface area contributed by atoms with Crippen LogP contribution < -0.4 is 4.74 Å². The number of methoxy groups -OCH3 is 1. The number of alkyl halides is 1. The number of benzene rings is 1. The van der Waals surface area contributed by atoms with Gasteiger partial charge in [-0.1, -0.05) is 25.7 Å². The fourth-order valence-electron chi connectivity index (χ4n) is 6.10. The van der Waals surface area contributed by atoms with Crippen LogP contribution in [-0.2, 0) is 4.79 Å². The minimum Gasteiger partial charge on any atom is -0.497 e. The lowest BCUT2D eigenvalue weighted by Gasteiger charge is -2.39. The van der Waals surface area contributed by atoms with Gasteiger partial charge in [-0.05, 0) is 92.8 Å². The highest BCUT2D eigenvalue weighted by Gasteiger charge is 2.30. The molecule has 1 aliphatic carbocycles. The molecule has 3 atom stereocenters. The fraction of sp³-hybridized carbons (Fsp3) is 0.643. The number of pyridine rings is 1. The number of hydrogen-bond acceptors (Lipinski definition) is 4. The summed E-state index contributed by atoms with van der Waals surface area (Å²) in [6.07, 6.45) is 10.5. The van der Waals surface area contributed by atoms with Gasteiger partial charge in [-0.3, -0.25) is 9.78 Å². The van der Waals surface area contributed by atoms with Crippen LogP contribution in [0, 0.1) is 17.8 Å². The predicted molar refractivity (Wildman–Crippen MR) is 133 cm³/mol. The molecular formula is C28H39FN2O3. The zero-order valence-corrected chi connectivity index (χ0v) is 20.4. The van der Waals surface area contributed by atoms with Crippen molar-refractivity contribution in [2.45, 2.75) is 70.4 Å². The Kier molecular flexibility index (Phi) is 8.76. The molecule has 1 unspecified atom stereocenters. The molecular weight excluding hydrogens is 431 g/mol. The third-order valence-corrected chi connectivity index (χ3v) is 8.14. The van der Waals surface area contributed by atoms with Crippen molar-refractivity contribution in [3.05, 3.63) is 36.0 Å². The standard InChI is InChI=1S/C28H39FN2O3/c1-34-23-8-10-27-25(18-23)24(12-15-30-27)26(29)9-6-21-14-17-31(16-13-20-4-2-3-5-20)19-22(21)7-11-28(32)33/h8,10,12,15,18,20-22,26H,2-7,9,11,13-14,16-17,19H2,1H3,(H,32,33)/t21-,22+,26?/m1/s1. The Hall–Kier alpha value is -2.21. The molecule has 1 saturated heterocycles. The van der Waals surface area contributed by atoms with Gasteiger partial charge in [0.25, 0.3) is 0 Å². The molecule has 1 aliphatic heterocycles. The van der Waals surface area contributed by atoms with E-state index in [-0.39, 0.29) is 6.42 Å². The Morgan fingerprint density at radius 3 is 2.76 bits per heavy atom. The highest BCUT2D eigenvalue weighted by Crippen LogP contribution is 2.37. The van der Waals surface area contributed by atoms with Crippen molar-refractivity contribution in [3.63, 3.8) is 0 Å².